The predicted octanol–water partition coefficient (Wildman–Crippen LogP) is 2.89. The minimum absolute atomic E-state index is 0.0319. The van der Waals surface area contributed by atoms with Crippen LogP contribution in [0.3, 0.4) is 0 Å². The smallest absolute Gasteiger partial charge is 0.271 e. The molecule has 1 amide bonds. The summed E-state index contributed by atoms with van der Waals surface area (Å²) in [6.07, 6.45) is 0.494. The van der Waals surface area contributed by atoms with Crippen molar-refractivity contribution in [2.75, 3.05) is 13.7 Å². The van der Waals surface area contributed by atoms with Gasteiger partial charge in [-0.25, -0.2) is 22.9 Å². The highest BCUT2D eigenvalue weighted by Gasteiger charge is 2.20. The monoisotopic (exact) mass is 449 g/mol. The molecule has 1 aromatic heterocycles. The zero-order valence-corrected chi connectivity index (χ0v) is 17.9. The van der Waals surface area contributed by atoms with Crippen LogP contribution in [0.5, 0.6) is 5.75 Å². The number of aryl methyl sites for hydroxylation is 1. The van der Waals surface area contributed by atoms with E-state index in [-0.39, 0.29) is 22.1 Å². The fraction of sp³-hybridized carbons (Fsp3) is 0.200. The zero-order valence-electron chi connectivity index (χ0n) is 16.3. The van der Waals surface area contributed by atoms with Crippen LogP contribution in [-0.2, 0) is 16.4 Å². The van der Waals surface area contributed by atoms with Gasteiger partial charge in [0.1, 0.15) is 22.3 Å². The van der Waals surface area contributed by atoms with Gasteiger partial charge in [-0.05, 0) is 43.2 Å². The molecule has 158 valence electrons. The number of halogens is 1. The molecule has 0 bridgehead atoms. The molecule has 0 saturated carbocycles. The number of hydrogen-bond acceptors (Lipinski definition) is 6. The number of carbonyl (C=O) groups is 1. The van der Waals surface area contributed by atoms with Crippen molar-refractivity contribution in [1.29, 1.82) is 0 Å². The van der Waals surface area contributed by atoms with Gasteiger partial charge in [-0.1, -0.05) is 18.2 Å². The second-order valence-corrected chi connectivity index (χ2v) is 9.20. The van der Waals surface area contributed by atoms with Gasteiger partial charge < -0.3 is 10.1 Å². The van der Waals surface area contributed by atoms with Crippen LogP contribution in [0.15, 0.2) is 47.4 Å². The average molecular weight is 450 g/mol. The Balaban J connectivity index is 1.69. The van der Waals surface area contributed by atoms with E-state index in [1.807, 2.05) is 0 Å². The first-order valence-corrected chi connectivity index (χ1v) is 11.3. The second-order valence-electron chi connectivity index (χ2n) is 6.44. The number of nitrogens with one attached hydrogen (secondary N) is 1. The first-order chi connectivity index (χ1) is 14.2. The Labute approximate surface area is 177 Å². The van der Waals surface area contributed by atoms with Crippen LogP contribution in [-0.4, -0.2) is 33.0 Å². The molecule has 0 aliphatic heterocycles. The average Bonchev–Trinajstić information content (AvgIpc) is 3.08. The number of methoxy groups -OCH3 is 1. The number of rotatable bonds is 7. The fourth-order valence-corrected chi connectivity index (χ4v) is 4.32. The van der Waals surface area contributed by atoms with E-state index in [1.54, 1.807) is 31.2 Å². The van der Waals surface area contributed by atoms with Crippen molar-refractivity contribution in [3.8, 4) is 16.3 Å². The summed E-state index contributed by atoms with van der Waals surface area (Å²) in [5.41, 5.74) is 1.29. The van der Waals surface area contributed by atoms with Crippen molar-refractivity contribution in [1.82, 2.24) is 10.3 Å². The standard InChI is InChI=1S/C20H20FN3O4S2/c1-12-18(24-20(29-12)17-15(21)4-3-5-16(17)28-2)19(25)23-11-10-13-6-8-14(9-7-13)30(22,26)27/h3-9H,10-11H2,1-2H3,(H,23,25)(H2,22,26,27). The minimum atomic E-state index is -3.74. The first kappa shape index (κ1) is 21.9. The minimum Gasteiger partial charge on any atom is -0.496 e. The van der Waals surface area contributed by atoms with E-state index in [1.165, 1.54) is 36.6 Å². The van der Waals surface area contributed by atoms with Crippen LogP contribution in [0.25, 0.3) is 10.6 Å². The number of benzene rings is 2. The Morgan fingerprint density at radius 1 is 1.23 bits per heavy atom. The van der Waals surface area contributed by atoms with E-state index in [0.29, 0.717) is 28.6 Å². The molecular formula is C20H20FN3O4S2. The largest absolute Gasteiger partial charge is 0.496 e. The van der Waals surface area contributed by atoms with E-state index >= 15 is 0 Å². The molecule has 0 aliphatic carbocycles. The Morgan fingerprint density at radius 2 is 1.93 bits per heavy atom. The molecule has 3 N–H and O–H groups in total. The second kappa shape index (κ2) is 8.90. The molecule has 0 atom stereocenters. The molecule has 10 heteroatoms. The number of thiazole rings is 1. The van der Waals surface area contributed by atoms with Gasteiger partial charge in [0.15, 0.2) is 0 Å². The van der Waals surface area contributed by atoms with Crippen LogP contribution >= 0.6 is 11.3 Å². The van der Waals surface area contributed by atoms with E-state index in [0.717, 1.165) is 5.56 Å². The molecule has 0 radical (unpaired) electrons. The quantitative estimate of drug-likeness (QED) is 0.576. The molecule has 0 fully saturated rings. The number of aromatic nitrogens is 1. The highest BCUT2D eigenvalue weighted by Crippen LogP contribution is 2.36. The summed E-state index contributed by atoms with van der Waals surface area (Å²) >= 11 is 1.21. The van der Waals surface area contributed by atoms with E-state index < -0.39 is 15.8 Å². The molecular weight excluding hydrogens is 429 g/mol. The number of primary sulfonamides is 1. The lowest BCUT2D eigenvalue weighted by atomic mass is 10.1. The number of sulfonamides is 1. The Morgan fingerprint density at radius 3 is 2.57 bits per heavy atom. The Hall–Kier alpha value is -2.82. The van der Waals surface area contributed by atoms with Crippen molar-refractivity contribution in [2.24, 2.45) is 5.14 Å². The summed E-state index contributed by atoms with van der Waals surface area (Å²) < 4.78 is 42.1. The zero-order chi connectivity index (χ0) is 21.9. The predicted molar refractivity (Wildman–Crippen MR) is 113 cm³/mol. The van der Waals surface area contributed by atoms with Gasteiger partial charge in [0.2, 0.25) is 10.0 Å². The van der Waals surface area contributed by atoms with Crippen molar-refractivity contribution in [3.05, 3.63) is 64.4 Å². The molecule has 0 spiro atoms. The molecule has 0 saturated heterocycles. The maximum atomic E-state index is 14.3. The summed E-state index contributed by atoms with van der Waals surface area (Å²) in [6.45, 7) is 2.07. The maximum Gasteiger partial charge on any atom is 0.271 e. The van der Waals surface area contributed by atoms with E-state index in [2.05, 4.69) is 10.3 Å². The molecule has 2 aromatic carbocycles. The number of carbonyl (C=O) groups excluding carboxylic acids is 1. The van der Waals surface area contributed by atoms with E-state index in [9.17, 15) is 17.6 Å². The van der Waals surface area contributed by atoms with Crippen LogP contribution in [0.2, 0.25) is 0 Å². The van der Waals surface area contributed by atoms with Gasteiger partial charge in [0.25, 0.3) is 5.91 Å². The van der Waals surface area contributed by atoms with Gasteiger partial charge >= 0.3 is 0 Å². The van der Waals surface area contributed by atoms with Crippen LogP contribution in [0.1, 0.15) is 20.9 Å². The highest BCUT2D eigenvalue weighted by atomic mass is 32.2. The Bertz CT molecular complexity index is 1180. The third-order valence-corrected chi connectivity index (χ3v) is 6.29. The number of amides is 1. The van der Waals surface area contributed by atoms with Gasteiger partial charge in [0, 0.05) is 11.4 Å². The molecule has 0 aliphatic rings. The van der Waals surface area contributed by atoms with Crippen molar-refractivity contribution in [2.45, 2.75) is 18.2 Å². The van der Waals surface area contributed by atoms with Crippen molar-refractivity contribution in [3.63, 3.8) is 0 Å². The summed E-state index contributed by atoms with van der Waals surface area (Å²) in [7, 11) is -2.29. The van der Waals surface area contributed by atoms with Gasteiger partial charge in [-0.3, -0.25) is 4.79 Å². The molecule has 30 heavy (non-hydrogen) atoms. The lowest BCUT2D eigenvalue weighted by Gasteiger charge is -2.06. The third-order valence-electron chi connectivity index (χ3n) is 4.37. The molecule has 3 rings (SSSR count). The maximum absolute atomic E-state index is 14.3. The topological polar surface area (TPSA) is 111 Å². The van der Waals surface area contributed by atoms with Gasteiger partial charge in [-0.15, -0.1) is 11.3 Å². The Kier molecular flexibility index (Phi) is 6.49. The lowest BCUT2D eigenvalue weighted by Crippen LogP contribution is -2.26. The normalized spacial score (nSPS) is 11.3. The number of ether oxygens (including phenoxy) is 1. The third kappa shape index (κ3) is 4.84. The highest BCUT2D eigenvalue weighted by molar-refractivity contribution is 7.89. The van der Waals surface area contributed by atoms with Crippen molar-refractivity contribution >= 4 is 27.3 Å². The van der Waals surface area contributed by atoms with Crippen molar-refractivity contribution < 1.29 is 22.3 Å². The van der Waals surface area contributed by atoms with E-state index in [4.69, 9.17) is 9.88 Å². The van der Waals surface area contributed by atoms with Crippen LogP contribution < -0.4 is 15.2 Å². The molecule has 0 unspecified atom stereocenters. The number of hydrogen-bond donors (Lipinski definition) is 2. The summed E-state index contributed by atoms with van der Waals surface area (Å²) in [4.78, 5) is 17.5. The number of nitrogens with zero attached hydrogens (tertiary/aromatic N) is 1. The molecule has 7 nitrogen and oxygen atoms in total. The number of nitrogens with two attached hydrogens (primary N) is 1. The fourth-order valence-electron chi connectivity index (χ4n) is 2.85. The van der Waals surface area contributed by atoms with Crippen LogP contribution in [0.4, 0.5) is 4.39 Å². The molecule has 1 heterocycles. The lowest BCUT2D eigenvalue weighted by molar-refractivity contribution is 0.0949. The SMILES string of the molecule is COc1cccc(F)c1-c1nc(C(=O)NCCc2ccc(S(N)(=O)=O)cc2)c(C)s1. The summed E-state index contributed by atoms with van der Waals surface area (Å²) in [6, 6.07) is 10.6. The van der Waals surface area contributed by atoms with Crippen LogP contribution in [0, 0.1) is 12.7 Å². The first-order valence-electron chi connectivity index (χ1n) is 8.91. The summed E-state index contributed by atoms with van der Waals surface area (Å²) in [5, 5.41) is 8.22. The summed E-state index contributed by atoms with van der Waals surface area (Å²) in [5.74, 6) is -0.497. The van der Waals surface area contributed by atoms with Gasteiger partial charge in [0.05, 0.1) is 17.6 Å². The molecule has 3 aromatic rings. The van der Waals surface area contributed by atoms with Gasteiger partial charge in [-0.2, -0.15) is 0 Å².